The van der Waals surface area contributed by atoms with E-state index < -0.39 is 0 Å². The zero-order valence-electron chi connectivity index (χ0n) is 8.63. The highest BCUT2D eigenvalue weighted by Crippen LogP contribution is 2.66. The highest BCUT2D eigenvalue weighted by molar-refractivity contribution is 5.33. The quantitative estimate of drug-likeness (QED) is 0.794. The second kappa shape index (κ2) is 2.71. The van der Waals surface area contributed by atoms with E-state index in [-0.39, 0.29) is 0 Å². The fraction of sp³-hybridized carbons (Fsp3) is 0.667. The summed E-state index contributed by atoms with van der Waals surface area (Å²) in [5.41, 5.74) is 0. The summed E-state index contributed by atoms with van der Waals surface area (Å²) < 4.78 is 0. The van der Waals surface area contributed by atoms with Crippen molar-refractivity contribution in [2.24, 2.45) is 23.7 Å². The molecule has 78 valence electrons. The van der Waals surface area contributed by atoms with Crippen LogP contribution in [0.15, 0.2) is 18.5 Å². The van der Waals surface area contributed by atoms with E-state index in [0.29, 0.717) is 6.04 Å². The summed E-state index contributed by atoms with van der Waals surface area (Å²) >= 11 is 0. The van der Waals surface area contributed by atoms with E-state index >= 15 is 0 Å². The summed E-state index contributed by atoms with van der Waals surface area (Å²) in [5, 5.41) is 3.50. The third-order valence-electron chi connectivity index (χ3n) is 4.60. The molecule has 2 bridgehead atoms. The van der Waals surface area contributed by atoms with Crippen LogP contribution < -0.4 is 5.32 Å². The van der Waals surface area contributed by atoms with Crippen LogP contribution in [-0.4, -0.2) is 16.0 Å². The van der Waals surface area contributed by atoms with Crippen LogP contribution in [0.4, 0.5) is 5.95 Å². The monoisotopic (exact) mass is 201 g/mol. The highest BCUT2D eigenvalue weighted by atomic mass is 15.1. The van der Waals surface area contributed by atoms with Crippen LogP contribution in [0.25, 0.3) is 0 Å². The molecular formula is C12H15N3. The molecule has 3 aliphatic carbocycles. The number of hydrogen-bond donors (Lipinski definition) is 1. The van der Waals surface area contributed by atoms with E-state index in [1.165, 1.54) is 19.3 Å². The molecule has 1 aromatic rings. The van der Waals surface area contributed by atoms with Crippen LogP contribution in [0.1, 0.15) is 19.3 Å². The number of rotatable bonds is 2. The van der Waals surface area contributed by atoms with E-state index in [4.69, 9.17) is 0 Å². The van der Waals surface area contributed by atoms with Gasteiger partial charge in [-0.3, -0.25) is 0 Å². The van der Waals surface area contributed by atoms with Crippen LogP contribution >= 0.6 is 0 Å². The molecule has 4 unspecified atom stereocenters. The van der Waals surface area contributed by atoms with Gasteiger partial charge in [0.1, 0.15) is 0 Å². The maximum atomic E-state index is 4.23. The molecule has 4 rings (SSSR count). The Morgan fingerprint density at radius 1 is 1.07 bits per heavy atom. The van der Waals surface area contributed by atoms with Gasteiger partial charge in [0, 0.05) is 18.4 Å². The maximum Gasteiger partial charge on any atom is 0.222 e. The third kappa shape index (κ3) is 1.06. The fourth-order valence-corrected chi connectivity index (χ4v) is 4.04. The van der Waals surface area contributed by atoms with Gasteiger partial charge < -0.3 is 5.32 Å². The Morgan fingerprint density at radius 2 is 1.73 bits per heavy atom. The van der Waals surface area contributed by atoms with Crippen molar-refractivity contribution in [1.29, 1.82) is 0 Å². The summed E-state index contributed by atoms with van der Waals surface area (Å²) in [5.74, 6) is 4.75. The molecule has 1 heterocycles. The van der Waals surface area contributed by atoms with Crippen molar-refractivity contribution in [3.63, 3.8) is 0 Å². The SMILES string of the molecule is c1cnc(NC2C3C4CCC(C4)C23)nc1. The van der Waals surface area contributed by atoms with Crippen LogP contribution in [-0.2, 0) is 0 Å². The van der Waals surface area contributed by atoms with Crippen molar-refractivity contribution in [1.82, 2.24) is 9.97 Å². The molecule has 0 radical (unpaired) electrons. The average molecular weight is 201 g/mol. The highest BCUT2D eigenvalue weighted by Gasteiger charge is 2.65. The normalized spacial score (nSPS) is 45.2. The zero-order valence-corrected chi connectivity index (χ0v) is 8.63. The first-order valence-corrected chi connectivity index (χ1v) is 5.97. The Kier molecular flexibility index (Phi) is 1.46. The lowest BCUT2D eigenvalue weighted by Crippen LogP contribution is -2.14. The van der Waals surface area contributed by atoms with Crippen molar-refractivity contribution in [2.75, 3.05) is 5.32 Å². The standard InChI is InChI=1S/C12H15N3/c1-4-13-12(14-5-1)15-11-9-7-2-3-8(6-7)10(9)11/h1,4-5,7-11H,2-3,6H2,(H,13,14,15). The predicted octanol–water partition coefficient (Wildman–Crippen LogP) is 1.93. The van der Waals surface area contributed by atoms with Gasteiger partial charge in [-0.2, -0.15) is 0 Å². The lowest BCUT2D eigenvalue weighted by Gasteiger charge is -2.09. The Hall–Kier alpha value is -1.12. The fourth-order valence-electron chi connectivity index (χ4n) is 4.04. The zero-order chi connectivity index (χ0) is 9.83. The molecule has 0 saturated heterocycles. The molecule has 4 atom stereocenters. The molecule has 1 aromatic heterocycles. The number of nitrogens with one attached hydrogen (secondary N) is 1. The van der Waals surface area contributed by atoms with Gasteiger partial charge in [-0.15, -0.1) is 0 Å². The van der Waals surface area contributed by atoms with E-state index in [0.717, 1.165) is 29.6 Å². The summed E-state index contributed by atoms with van der Waals surface area (Å²) in [7, 11) is 0. The summed E-state index contributed by atoms with van der Waals surface area (Å²) in [6.07, 6.45) is 8.06. The van der Waals surface area contributed by atoms with Gasteiger partial charge in [-0.25, -0.2) is 9.97 Å². The number of anilines is 1. The van der Waals surface area contributed by atoms with E-state index in [1.54, 1.807) is 0 Å². The molecule has 3 aliphatic rings. The number of aromatic nitrogens is 2. The summed E-state index contributed by atoms with van der Waals surface area (Å²) in [4.78, 5) is 8.47. The summed E-state index contributed by atoms with van der Waals surface area (Å²) in [6, 6.07) is 2.56. The lowest BCUT2D eigenvalue weighted by molar-refractivity contribution is 0.456. The first-order chi connectivity index (χ1) is 7.43. The molecule has 0 aliphatic heterocycles. The average Bonchev–Trinajstić information content (AvgIpc) is 2.71. The first kappa shape index (κ1) is 8.08. The van der Waals surface area contributed by atoms with Gasteiger partial charge in [0.15, 0.2) is 0 Å². The van der Waals surface area contributed by atoms with Crippen LogP contribution in [0.2, 0.25) is 0 Å². The van der Waals surface area contributed by atoms with Crippen molar-refractivity contribution in [3.8, 4) is 0 Å². The van der Waals surface area contributed by atoms with Gasteiger partial charge >= 0.3 is 0 Å². The van der Waals surface area contributed by atoms with Crippen molar-refractivity contribution >= 4 is 5.95 Å². The molecular weight excluding hydrogens is 186 g/mol. The molecule has 0 aromatic carbocycles. The minimum Gasteiger partial charge on any atom is -0.351 e. The number of hydrogen-bond acceptors (Lipinski definition) is 3. The number of nitrogens with zero attached hydrogens (tertiary/aromatic N) is 2. The Bertz CT molecular complexity index is 362. The molecule has 3 nitrogen and oxygen atoms in total. The Balaban J connectivity index is 1.50. The second-order valence-electron chi connectivity index (χ2n) is 5.23. The molecule has 3 saturated carbocycles. The smallest absolute Gasteiger partial charge is 0.222 e. The van der Waals surface area contributed by atoms with Crippen molar-refractivity contribution < 1.29 is 0 Å². The number of fused-ring (bicyclic) bond motifs is 5. The van der Waals surface area contributed by atoms with Crippen molar-refractivity contribution in [2.45, 2.75) is 25.3 Å². The molecule has 0 amide bonds. The third-order valence-corrected chi connectivity index (χ3v) is 4.60. The molecule has 1 N–H and O–H groups in total. The molecule has 15 heavy (non-hydrogen) atoms. The second-order valence-corrected chi connectivity index (χ2v) is 5.23. The Labute approximate surface area is 89.3 Å². The first-order valence-electron chi connectivity index (χ1n) is 5.97. The topological polar surface area (TPSA) is 37.8 Å². The van der Waals surface area contributed by atoms with Gasteiger partial charge in [0.25, 0.3) is 0 Å². The van der Waals surface area contributed by atoms with E-state index in [2.05, 4.69) is 15.3 Å². The molecule has 3 heteroatoms. The Morgan fingerprint density at radius 3 is 2.40 bits per heavy atom. The van der Waals surface area contributed by atoms with Crippen LogP contribution in [0.3, 0.4) is 0 Å². The summed E-state index contributed by atoms with van der Waals surface area (Å²) in [6.45, 7) is 0. The largest absolute Gasteiger partial charge is 0.351 e. The van der Waals surface area contributed by atoms with Gasteiger partial charge in [-0.1, -0.05) is 0 Å². The lowest BCUT2D eigenvalue weighted by atomic mass is 10.0. The van der Waals surface area contributed by atoms with Gasteiger partial charge in [0.2, 0.25) is 5.95 Å². The predicted molar refractivity (Wildman–Crippen MR) is 57.3 cm³/mol. The van der Waals surface area contributed by atoms with Gasteiger partial charge in [0.05, 0.1) is 0 Å². The van der Waals surface area contributed by atoms with Crippen LogP contribution in [0, 0.1) is 23.7 Å². The van der Waals surface area contributed by atoms with Crippen molar-refractivity contribution in [3.05, 3.63) is 18.5 Å². The minimum absolute atomic E-state index is 0.693. The van der Waals surface area contributed by atoms with Crippen LogP contribution in [0.5, 0.6) is 0 Å². The minimum atomic E-state index is 0.693. The van der Waals surface area contributed by atoms with Gasteiger partial charge in [-0.05, 0) is 49.0 Å². The van der Waals surface area contributed by atoms with E-state index in [9.17, 15) is 0 Å². The van der Waals surface area contributed by atoms with E-state index in [1.807, 2.05) is 18.5 Å². The molecule has 0 spiro atoms. The molecule has 3 fully saturated rings. The maximum absolute atomic E-state index is 4.23.